The average molecular weight is 437 g/mol. The van der Waals surface area contributed by atoms with Gasteiger partial charge in [-0.3, -0.25) is 0 Å². The Kier molecular flexibility index (Phi) is 7.45. The third-order valence-electron chi connectivity index (χ3n) is 6.22. The van der Waals surface area contributed by atoms with E-state index < -0.39 is 7.92 Å². The van der Waals surface area contributed by atoms with Gasteiger partial charge >= 0.3 is 0 Å². The van der Waals surface area contributed by atoms with Gasteiger partial charge in [0.15, 0.2) is 6.79 Å². The summed E-state index contributed by atoms with van der Waals surface area (Å²) in [6, 6.07) is 15.6. The monoisotopic (exact) mass is 436 g/mol. The van der Waals surface area contributed by atoms with E-state index in [1.54, 1.807) is 7.11 Å². The van der Waals surface area contributed by atoms with E-state index in [1.807, 2.05) is 0 Å². The highest BCUT2D eigenvalue weighted by molar-refractivity contribution is 7.75. The summed E-state index contributed by atoms with van der Waals surface area (Å²) in [5, 5.41) is 2.64. The first kappa shape index (κ1) is 23.8. The van der Waals surface area contributed by atoms with Crippen molar-refractivity contribution in [1.29, 1.82) is 0 Å². The molecule has 0 heterocycles. The quantitative estimate of drug-likeness (QED) is 0.342. The van der Waals surface area contributed by atoms with E-state index in [1.165, 1.54) is 21.7 Å². The van der Waals surface area contributed by atoms with Gasteiger partial charge in [-0.15, -0.1) is 0 Å². The molecular weight excluding hydrogens is 399 g/mol. The molecule has 31 heavy (non-hydrogen) atoms. The van der Waals surface area contributed by atoms with Gasteiger partial charge in [0.05, 0.1) is 0 Å². The Morgan fingerprint density at radius 3 is 2.23 bits per heavy atom. The molecule has 2 aromatic rings. The molecule has 2 nitrogen and oxygen atoms in total. The molecule has 166 valence electrons. The largest absolute Gasteiger partial charge is 0.467 e. The second-order valence-corrected chi connectivity index (χ2v) is 12.0. The van der Waals surface area contributed by atoms with Crippen molar-refractivity contribution in [1.82, 2.24) is 0 Å². The Balaban J connectivity index is 2.36. The van der Waals surface area contributed by atoms with Gasteiger partial charge in [-0.2, -0.15) is 0 Å². The molecule has 2 unspecified atom stereocenters. The van der Waals surface area contributed by atoms with Crippen molar-refractivity contribution in [2.24, 2.45) is 5.92 Å². The molecule has 0 N–H and O–H groups in total. The SMILES string of the molecule is CCC(C)C1(P(c2ccccc2)c2cc(C)cc(C(C)(C)C)c2OCOC)C=CC=C1. The van der Waals surface area contributed by atoms with Gasteiger partial charge < -0.3 is 9.47 Å². The molecule has 0 radical (unpaired) electrons. The van der Waals surface area contributed by atoms with Crippen molar-refractivity contribution >= 4 is 18.5 Å². The molecule has 2 atom stereocenters. The number of hydrogen-bond acceptors (Lipinski definition) is 2. The Hall–Kier alpha value is -1.89. The third-order valence-corrected chi connectivity index (χ3v) is 9.37. The zero-order chi connectivity index (χ0) is 22.6. The van der Waals surface area contributed by atoms with Crippen LogP contribution in [0.4, 0.5) is 0 Å². The highest BCUT2D eigenvalue weighted by atomic mass is 31.1. The minimum absolute atomic E-state index is 0.0353. The summed E-state index contributed by atoms with van der Waals surface area (Å²) in [6.07, 6.45) is 10.4. The van der Waals surface area contributed by atoms with E-state index in [-0.39, 0.29) is 17.4 Å². The summed E-state index contributed by atoms with van der Waals surface area (Å²) in [6.45, 7) is 13.9. The van der Waals surface area contributed by atoms with Crippen LogP contribution in [0.5, 0.6) is 5.75 Å². The summed E-state index contributed by atoms with van der Waals surface area (Å²) < 4.78 is 11.7. The summed E-state index contributed by atoms with van der Waals surface area (Å²) in [4.78, 5) is 0. The van der Waals surface area contributed by atoms with Gasteiger partial charge in [0.1, 0.15) is 5.75 Å². The number of aryl methyl sites for hydroxylation is 1. The maximum absolute atomic E-state index is 6.37. The minimum Gasteiger partial charge on any atom is -0.467 e. The maximum atomic E-state index is 6.37. The molecule has 0 saturated carbocycles. The fourth-order valence-corrected chi connectivity index (χ4v) is 7.82. The fraction of sp³-hybridized carbons (Fsp3) is 0.429. The first-order chi connectivity index (χ1) is 14.7. The van der Waals surface area contributed by atoms with Crippen LogP contribution < -0.4 is 15.3 Å². The molecule has 0 aromatic heterocycles. The van der Waals surface area contributed by atoms with Crippen LogP contribution in [0, 0.1) is 12.8 Å². The smallest absolute Gasteiger partial charge is 0.188 e. The van der Waals surface area contributed by atoms with Crippen LogP contribution in [0.2, 0.25) is 0 Å². The summed E-state index contributed by atoms with van der Waals surface area (Å²) in [5.41, 5.74) is 2.48. The number of rotatable bonds is 8. The number of methoxy groups -OCH3 is 1. The van der Waals surface area contributed by atoms with E-state index in [2.05, 4.69) is 108 Å². The normalized spacial score (nSPS) is 17.0. The maximum Gasteiger partial charge on any atom is 0.188 e. The van der Waals surface area contributed by atoms with E-state index in [0.29, 0.717) is 5.92 Å². The molecule has 0 amide bonds. The molecule has 1 aliphatic rings. The van der Waals surface area contributed by atoms with Crippen LogP contribution in [-0.4, -0.2) is 19.1 Å². The lowest BCUT2D eigenvalue weighted by Gasteiger charge is -2.42. The Morgan fingerprint density at radius 1 is 1.03 bits per heavy atom. The van der Waals surface area contributed by atoms with Crippen molar-refractivity contribution in [2.45, 2.75) is 58.5 Å². The lowest BCUT2D eigenvalue weighted by Crippen LogP contribution is -2.37. The van der Waals surface area contributed by atoms with Crippen molar-refractivity contribution in [3.05, 3.63) is 77.9 Å². The number of allylic oxidation sites excluding steroid dienone is 4. The number of benzene rings is 2. The first-order valence-corrected chi connectivity index (χ1v) is 12.6. The van der Waals surface area contributed by atoms with Crippen molar-refractivity contribution < 1.29 is 9.47 Å². The standard InChI is InChI=1S/C28H37O2P/c1-8-22(3)28(16-12-13-17-28)31(23-14-10-9-11-15-23)25-19-21(2)18-24(27(4,5)6)26(25)30-20-29-7/h9-19,22H,8,20H2,1-7H3. The second-order valence-electron chi connectivity index (χ2n) is 9.55. The predicted octanol–water partition coefficient (Wildman–Crippen LogP) is 6.62. The van der Waals surface area contributed by atoms with Crippen LogP contribution in [0.3, 0.4) is 0 Å². The Bertz CT molecular complexity index is 925. The Morgan fingerprint density at radius 2 is 1.68 bits per heavy atom. The molecule has 3 heteroatoms. The van der Waals surface area contributed by atoms with Gasteiger partial charge in [-0.1, -0.05) is 102 Å². The summed E-state index contributed by atoms with van der Waals surface area (Å²) >= 11 is 0. The first-order valence-electron chi connectivity index (χ1n) is 11.2. The predicted molar refractivity (Wildman–Crippen MR) is 135 cm³/mol. The second kappa shape index (κ2) is 9.72. The molecule has 2 aromatic carbocycles. The molecule has 0 saturated heterocycles. The van der Waals surface area contributed by atoms with Crippen LogP contribution in [-0.2, 0) is 10.2 Å². The highest BCUT2D eigenvalue weighted by Crippen LogP contribution is 2.58. The molecule has 0 fully saturated rings. The van der Waals surface area contributed by atoms with E-state index >= 15 is 0 Å². The van der Waals surface area contributed by atoms with Crippen molar-refractivity contribution in [3.63, 3.8) is 0 Å². The molecular formula is C28H37O2P. The lowest BCUT2D eigenvalue weighted by molar-refractivity contribution is 0.0506. The van der Waals surface area contributed by atoms with E-state index in [9.17, 15) is 0 Å². The minimum atomic E-state index is -0.753. The third kappa shape index (κ3) is 4.81. The van der Waals surface area contributed by atoms with Gasteiger partial charge in [-0.25, -0.2) is 0 Å². The van der Waals surface area contributed by atoms with Crippen LogP contribution in [0.15, 0.2) is 66.8 Å². The summed E-state index contributed by atoms with van der Waals surface area (Å²) in [5.74, 6) is 1.49. The van der Waals surface area contributed by atoms with Crippen LogP contribution >= 0.6 is 7.92 Å². The van der Waals surface area contributed by atoms with Gasteiger partial charge in [0, 0.05) is 23.1 Å². The van der Waals surface area contributed by atoms with Crippen LogP contribution in [0.25, 0.3) is 0 Å². The fourth-order valence-electron chi connectivity index (χ4n) is 4.40. The van der Waals surface area contributed by atoms with E-state index in [0.717, 1.165) is 12.2 Å². The van der Waals surface area contributed by atoms with Gasteiger partial charge in [-0.05, 0) is 43.1 Å². The molecule has 3 rings (SSSR count). The van der Waals surface area contributed by atoms with Gasteiger partial charge in [0.25, 0.3) is 0 Å². The average Bonchev–Trinajstić information content (AvgIpc) is 3.23. The molecule has 0 spiro atoms. The molecule has 0 bridgehead atoms. The molecule has 1 aliphatic carbocycles. The van der Waals surface area contributed by atoms with Crippen molar-refractivity contribution in [3.8, 4) is 5.75 Å². The lowest BCUT2D eigenvalue weighted by atomic mass is 9.85. The number of ether oxygens (including phenoxy) is 2. The zero-order valence-electron chi connectivity index (χ0n) is 20.1. The zero-order valence-corrected chi connectivity index (χ0v) is 21.0. The molecule has 0 aliphatic heterocycles. The van der Waals surface area contributed by atoms with Crippen LogP contribution in [0.1, 0.15) is 52.2 Å². The highest BCUT2D eigenvalue weighted by Gasteiger charge is 2.43. The van der Waals surface area contributed by atoms with Gasteiger partial charge in [0.2, 0.25) is 0 Å². The van der Waals surface area contributed by atoms with Crippen molar-refractivity contribution in [2.75, 3.05) is 13.9 Å². The number of hydrogen-bond donors (Lipinski definition) is 0. The summed E-state index contributed by atoms with van der Waals surface area (Å²) in [7, 11) is 0.936. The van der Waals surface area contributed by atoms with E-state index in [4.69, 9.17) is 9.47 Å². The topological polar surface area (TPSA) is 18.5 Å². The Labute approximate surface area is 190 Å².